The third-order valence-electron chi connectivity index (χ3n) is 2.58. The van der Waals surface area contributed by atoms with Crippen molar-refractivity contribution in [2.24, 2.45) is 0 Å². The number of amides is 1. The number of hydrogen-bond acceptors (Lipinski definition) is 6. The minimum atomic E-state index is -3.19. The average molecular weight is 311 g/mol. The summed E-state index contributed by atoms with van der Waals surface area (Å²) in [7, 11) is -3.19. The van der Waals surface area contributed by atoms with Gasteiger partial charge in [0.05, 0.1) is 6.26 Å². The summed E-state index contributed by atoms with van der Waals surface area (Å²) in [6.07, 6.45) is 1.16. The second-order valence-corrected chi connectivity index (χ2v) is 7.36. The number of piperazine rings is 1. The van der Waals surface area contributed by atoms with E-state index in [-0.39, 0.29) is 15.4 Å². The van der Waals surface area contributed by atoms with Gasteiger partial charge in [-0.25, -0.2) is 8.42 Å². The summed E-state index contributed by atoms with van der Waals surface area (Å²) >= 11 is 6.63. The standard InChI is InChI=1S/C8H11ClN4O3S2/c1-18(15,16)13-4-2-12(3-5-13)7(14)6-10-11-8(9)17-6/h2-5H2,1H3. The number of carbonyl (C=O) groups excluding carboxylic acids is 1. The van der Waals surface area contributed by atoms with E-state index in [1.54, 1.807) is 4.90 Å². The van der Waals surface area contributed by atoms with Crippen molar-refractivity contribution in [1.29, 1.82) is 0 Å². The van der Waals surface area contributed by atoms with Crippen molar-refractivity contribution < 1.29 is 13.2 Å². The molecule has 0 atom stereocenters. The Morgan fingerprint density at radius 3 is 2.33 bits per heavy atom. The van der Waals surface area contributed by atoms with E-state index >= 15 is 0 Å². The summed E-state index contributed by atoms with van der Waals surface area (Å²) in [6.45, 7) is 1.31. The van der Waals surface area contributed by atoms with Crippen molar-refractivity contribution in [2.45, 2.75) is 0 Å². The molecule has 0 aromatic carbocycles. The van der Waals surface area contributed by atoms with Crippen LogP contribution in [0.2, 0.25) is 4.47 Å². The molecule has 18 heavy (non-hydrogen) atoms. The third-order valence-corrected chi connectivity index (χ3v) is 4.89. The maximum absolute atomic E-state index is 12.0. The summed E-state index contributed by atoms with van der Waals surface area (Å²) in [5, 5.41) is 7.47. The molecule has 1 saturated heterocycles. The molecule has 1 aromatic rings. The fraction of sp³-hybridized carbons (Fsp3) is 0.625. The van der Waals surface area contributed by atoms with E-state index in [0.29, 0.717) is 26.2 Å². The Kier molecular flexibility index (Phi) is 3.85. The molecule has 100 valence electrons. The Morgan fingerprint density at radius 2 is 1.89 bits per heavy atom. The Bertz CT molecular complexity index is 550. The molecule has 2 rings (SSSR count). The van der Waals surface area contributed by atoms with Gasteiger partial charge in [-0.15, -0.1) is 10.2 Å². The molecule has 1 aliphatic heterocycles. The zero-order chi connectivity index (χ0) is 13.3. The van der Waals surface area contributed by atoms with E-state index in [9.17, 15) is 13.2 Å². The van der Waals surface area contributed by atoms with Crippen molar-refractivity contribution in [2.75, 3.05) is 32.4 Å². The van der Waals surface area contributed by atoms with E-state index in [1.807, 2.05) is 0 Å². The minimum Gasteiger partial charge on any atom is -0.334 e. The molecule has 0 saturated carbocycles. The van der Waals surface area contributed by atoms with Crippen LogP contribution in [0.1, 0.15) is 9.80 Å². The average Bonchev–Trinajstić information content (AvgIpc) is 2.74. The fourth-order valence-electron chi connectivity index (χ4n) is 1.65. The van der Waals surface area contributed by atoms with Gasteiger partial charge in [-0.2, -0.15) is 4.31 Å². The van der Waals surface area contributed by atoms with Gasteiger partial charge in [-0.05, 0) is 11.6 Å². The Labute approximate surface area is 113 Å². The van der Waals surface area contributed by atoms with Crippen molar-refractivity contribution in [1.82, 2.24) is 19.4 Å². The first kappa shape index (κ1) is 13.7. The second kappa shape index (κ2) is 5.08. The van der Waals surface area contributed by atoms with Crippen LogP contribution in [-0.2, 0) is 10.0 Å². The van der Waals surface area contributed by atoms with Crippen molar-refractivity contribution >= 4 is 38.9 Å². The lowest BCUT2D eigenvalue weighted by Gasteiger charge is -2.32. The molecule has 10 heteroatoms. The van der Waals surface area contributed by atoms with Crippen LogP contribution in [0.15, 0.2) is 0 Å². The molecule has 7 nitrogen and oxygen atoms in total. The Hall–Kier alpha value is -0.770. The van der Waals surface area contributed by atoms with Gasteiger partial charge in [0, 0.05) is 26.2 Å². The van der Waals surface area contributed by atoms with Crippen LogP contribution in [0.5, 0.6) is 0 Å². The maximum Gasteiger partial charge on any atom is 0.284 e. The quantitative estimate of drug-likeness (QED) is 0.762. The molecule has 1 aliphatic rings. The molecule has 0 bridgehead atoms. The molecular weight excluding hydrogens is 300 g/mol. The summed E-state index contributed by atoms with van der Waals surface area (Å²) in [5.74, 6) is -0.257. The van der Waals surface area contributed by atoms with Gasteiger partial charge >= 0.3 is 0 Å². The lowest BCUT2D eigenvalue weighted by Crippen LogP contribution is -2.50. The first-order valence-electron chi connectivity index (χ1n) is 5.11. The Balaban J connectivity index is 2.00. The van der Waals surface area contributed by atoms with Gasteiger partial charge in [0.2, 0.25) is 19.5 Å². The van der Waals surface area contributed by atoms with Gasteiger partial charge in [0.25, 0.3) is 5.91 Å². The third kappa shape index (κ3) is 2.97. The molecule has 0 aliphatic carbocycles. The monoisotopic (exact) mass is 310 g/mol. The number of halogens is 1. The molecular formula is C8H11ClN4O3S2. The first-order chi connectivity index (χ1) is 8.38. The van der Waals surface area contributed by atoms with E-state index in [0.717, 1.165) is 17.6 Å². The molecule has 2 heterocycles. The first-order valence-corrected chi connectivity index (χ1v) is 8.15. The smallest absolute Gasteiger partial charge is 0.284 e. The molecule has 0 unspecified atom stereocenters. The Morgan fingerprint density at radius 1 is 1.28 bits per heavy atom. The second-order valence-electron chi connectivity index (χ2n) is 3.81. The lowest BCUT2D eigenvalue weighted by molar-refractivity contribution is 0.0697. The number of rotatable bonds is 2. The van der Waals surface area contributed by atoms with E-state index in [1.165, 1.54) is 4.31 Å². The topological polar surface area (TPSA) is 83.5 Å². The number of sulfonamides is 1. The highest BCUT2D eigenvalue weighted by Crippen LogP contribution is 2.17. The molecule has 1 amide bonds. The molecule has 1 aromatic heterocycles. The van der Waals surface area contributed by atoms with E-state index in [4.69, 9.17) is 11.6 Å². The van der Waals surface area contributed by atoms with Crippen LogP contribution >= 0.6 is 22.9 Å². The fourth-order valence-corrected chi connectivity index (χ4v) is 3.27. The zero-order valence-corrected chi connectivity index (χ0v) is 11.9. The van der Waals surface area contributed by atoms with Gasteiger partial charge in [0.15, 0.2) is 0 Å². The van der Waals surface area contributed by atoms with Crippen LogP contribution in [-0.4, -0.2) is 66.2 Å². The number of aromatic nitrogens is 2. The zero-order valence-electron chi connectivity index (χ0n) is 9.54. The normalized spacial score (nSPS) is 18.0. The van der Waals surface area contributed by atoms with Gasteiger partial charge in [0.1, 0.15) is 0 Å². The summed E-state index contributed by atoms with van der Waals surface area (Å²) < 4.78 is 24.2. The van der Waals surface area contributed by atoms with Crippen molar-refractivity contribution in [3.63, 3.8) is 0 Å². The van der Waals surface area contributed by atoms with Gasteiger partial charge < -0.3 is 4.90 Å². The summed E-state index contributed by atoms with van der Waals surface area (Å²) in [5.41, 5.74) is 0. The highest BCUT2D eigenvalue weighted by molar-refractivity contribution is 7.88. The molecule has 0 radical (unpaired) electrons. The maximum atomic E-state index is 12.0. The van der Waals surface area contributed by atoms with Crippen LogP contribution in [0.3, 0.4) is 0 Å². The van der Waals surface area contributed by atoms with Crippen molar-refractivity contribution in [3.05, 3.63) is 9.47 Å². The van der Waals surface area contributed by atoms with Gasteiger partial charge in [-0.3, -0.25) is 4.79 Å². The highest BCUT2D eigenvalue weighted by atomic mass is 35.5. The molecule has 0 spiro atoms. The van der Waals surface area contributed by atoms with Gasteiger partial charge in [-0.1, -0.05) is 11.3 Å². The summed E-state index contributed by atoms with van der Waals surface area (Å²) in [4.78, 5) is 13.5. The van der Waals surface area contributed by atoms with Crippen LogP contribution < -0.4 is 0 Å². The van der Waals surface area contributed by atoms with Crippen LogP contribution in [0, 0.1) is 0 Å². The van der Waals surface area contributed by atoms with E-state index in [2.05, 4.69) is 10.2 Å². The van der Waals surface area contributed by atoms with E-state index < -0.39 is 10.0 Å². The molecule has 0 N–H and O–H groups in total. The largest absolute Gasteiger partial charge is 0.334 e. The number of nitrogens with zero attached hydrogens (tertiary/aromatic N) is 4. The number of carbonyl (C=O) groups is 1. The SMILES string of the molecule is CS(=O)(=O)N1CCN(C(=O)c2nnc(Cl)s2)CC1. The number of hydrogen-bond donors (Lipinski definition) is 0. The van der Waals surface area contributed by atoms with Crippen molar-refractivity contribution in [3.8, 4) is 0 Å². The molecule has 1 fully saturated rings. The predicted octanol–water partition coefficient (Wildman–Crippen LogP) is -0.0911. The lowest BCUT2D eigenvalue weighted by atomic mass is 10.3. The minimum absolute atomic E-state index is 0.216. The predicted molar refractivity (Wildman–Crippen MR) is 67.2 cm³/mol. The highest BCUT2D eigenvalue weighted by Gasteiger charge is 2.28. The van der Waals surface area contributed by atoms with Crippen LogP contribution in [0.25, 0.3) is 0 Å². The summed E-state index contributed by atoms with van der Waals surface area (Å²) in [6, 6.07) is 0. The van der Waals surface area contributed by atoms with Crippen LogP contribution in [0.4, 0.5) is 0 Å².